The number of ether oxygens (including phenoxy) is 1. The molecular formula is C19H27NO4S. The third-order valence-electron chi connectivity index (χ3n) is 3.96. The van der Waals surface area contributed by atoms with Crippen LogP contribution in [0.4, 0.5) is 0 Å². The Balaban J connectivity index is 0.000000257. The number of rotatable bonds is 5. The summed E-state index contributed by atoms with van der Waals surface area (Å²) in [7, 11) is 1.91. The van der Waals surface area contributed by atoms with E-state index in [-0.39, 0.29) is 4.90 Å². The van der Waals surface area contributed by atoms with Gasteiger partial charge in [0.2, 0.25) is 0 Å². The fourth-order valence-corrected chi connectivity index (χ4v) is 2.58. The predicted molar refractivity (Wildman–Crippen MR) is 98.5 cm³/mol. The summed E-state index contributed by atoms with van der Waals surface area (Å²) in [6.07, 6.45) is 0. The summed E-state index contributed by atoms with van der Waals surface area (Å²) in [5, 5.41) is 0. The molecule has 0 fully saturated rings. The second-order valence-corrected chi connectivity index (χ2v) is 7.87. The van der Waals surface area contributed by atoms with Gasteiger partial charge in [-0.1, -0.05) is 29.8 Å². The summed E-state index contributed by atoms with van der Waals surface area (Å²) in [6.45, 7) is 6.16. The summed E-state index contributed by atoms with van der Waals surface area (Å²) < 4.78 is 37.5. The molecule has 0 atom stereocenters. The van der Waals surface area contributed by atoms with Gasteiger partial charge in [0.05, 0.1) is 32.6 Å². The first-order valence-electron chi connectivity index (χ1n) is 8.05. The molecule has 0 spiro atoms. The molecule has 2 aromatic carbocycles. The Morgan fingerprint density at radius 1 is 1.04 bits per heavy atom. The first-order valence-corrected chi connectivity index (χ1v) is 9.46. The third kappa shape index (κ3) is 7.25. The van der Waals surface area contributed by atoms with Crippen LogP contribution in [0.3, 0.4) is 0 Å². The summed E-state index contributed by atoms with van der Waals surface area (Å²) in [4.78, 5) is -0.178. The number of hydrogen-bond donors (Lipinski definition) is 0. The minimum absolute atomic E-state index is 0.178. The number of methoxy groups -OCH3 is 1. The van der Waals surface area contributed by atoms with Crippen molar-refractivity contribution in [2.75, 3.05) is 27.7 Å². The van der Waals surface area contributed by atoms with Gasteiger partial charge in [-0.15, -0.1) is 0 Å². The SMILES string of the molecule is CC[N+](C)(C)Cc1ccccc1OC.Cc1ccc(S(=O)(=O)[O-])cc1. The molecule has 5 nitrogen and oxygen atoms in total. The number of nitrogens with zero attached hydrogens (tertiary/aromatic N) is 1. The highest BCUT2D eigenvalue weighted by Gasteiger charge is 2.15. The normalized spacial score (nSPS) is 11.4. The van der Waals surface area contributed by atoms with E-state index in [0.717, 1.165) is 28.9 Å². The zero-order chi connectivity index (χ0) is 19.1. The van der Waals surface area contributed by atoms with Crippen LogP contribution in [-0.2, 0) is 16.7 Å². The van der Waals surface area contributed by atoms with E-state index < -0.39 is 10.1 Å². The number of hydrogen-bond acceptors (Lipinski definition) is 4. The second kappa shape index (κ2) is 8.99. The van der Waals surface area contributed by atoms with Crippen molar-refractivity contribution in [1.29, 1.82) is 0 Å². The highest BCUT2D eigenvalue weighted by atomic mass is 32.2. The number of aryl methyl sites for hydroxylation is 1. The van der Waals surface area contributed by atoms with Gasteiger partial charge in [-0.05, 0) is 38.1 Å². The van der Waals surface area contributed by atoms with Crippen LogP contribution in [0.2, 0.25) is 0 Å². The van der Waals surface area contributed by atoms with Crippen LogP contribution in [0.1, 0.15) is 18.1 Å². The molecule has 0 saturated carbocycles. The molecule has 0 aromatic heterocycles. The zero-order valence-electron chi connectivity index (χ0n) is 15.5. The van der Waals surface area contributed by atoms with Crippen molar-refractivity contribution >= 4 is 10.1 Å². The quantitative estimate of drug-likeness (QED) is 0.603. The van der Waals surface area contributed by atoms with E-state index in [1.807, 2.05) is 19.1 Å². The number of quaternary nitrogens is 1. The Morgan fingerprint density at radius 3 is 2.08 bits per heavy atom. The van der Waals surface area contributed by atoms with Crippen LogP contribution < -0.4 is 4.74 Å². The van der Waals surface area contributed by atoms with Gasteiger partial charge in [0.15, 0.2) is 0 Å². The van der Waals surface area contributed by atoms with Crippen molar-refractivity contribution in [1.82, 2.24) is 0 Å². The molecule has 0 bridgehead atoms. The van der Waals surface area contributed by atoms with E-state index >= 15 is 0 Å². The molecule has 2 rings (SSSR count). The van der Waals surface area contributed by atoms with Crippen molar-refractivity contribution in [3.8, 4) is 5.75 Å². The minimum Gasteiger partial charge on any atom is -0.744 e. The smallest absolute Gasteiger partial charge is 0.127 e. The van der Waals surface area contributed by atoms with E-state index in [2.05, 4.69) is 33.2 Å². The molecule has 0 aliphatic heterocycles. The topological polar surface area (TPSA) is 66.4 Å². The highest BCUT2D eigenvalue weighted by molar-refractivity contribution is 7.85. The van der Waals surface area contributed by atoms with E-state index in [9.17, 15) is 13.0 Å². The van der Waals surface area contributed by atoms with E-state index in [1.165, 1.54) is 17.7 Å². The summed E-state index contributed by atoms with van der Waals surface area (Å²) in [5.41, 5.74) is 2.21. The fourth-order valence-electron chi connectivity index (χ4n) is 2.11. The lowest BCUT2D eigenvalue weighted by Gasteiger charge is -2.28. The molecule has 25 heavy (non-hydrogen) atoms. The van der Waals surface area contributed by atoms with Gasteiger partial charge < -0.3 is 13.8 Å². The van der Waals surface area contributed by atoms with Gasteiger partial charge in [-0.2, -0.15) is 0 Å². The fraction of sp³-hybridized carbons (Fsp3) is 0.368. The van der Waals surface area contributed by atoms with E-state index in [1.54, 1.807) is 19.2 Å². The van der Waals surface area contributed by atoms with Crippen LogP contribution in [0, 0.1) is 6.92 Å². The van der Waals surface area contributed by atoms with Crippen molar-refractivity contribution < 1.29 is 22.2 Å². The maximum atomic E-state index is 10.4. The van der Waals surface area contributed by atoms with Gasteiger partial charge >= 0.3 is 0 Å². The summed E-state index contributed by atoms with van der Waals surface area (Å²) in [5.74, 6) is 0.993. The van der Waals surface area contributed by atoms with Crippen molar-refractivity contribution in [2.24, 2.45) is 0 Å². The molecule has 0 N–H and O–H groups in total. The van der Waals surface area contributed by atoms with Gasteiger partial charge in [0, 0.05) is 5.56 Å². The van der Waals surface area contributed by atoms with Crippen LogP contribution >= 0.6 is 0 Å². The predicted octanol–water partition coefficient (Wildman–Crippen LogP) is 3.19. The molecule has 0 saturated heterocycles. The Hall–Kier alpha value is -1.89. The first-order chi connectivity index (χ1) is 11.6. The molecule has 0 amide bonds. The highest BCUT2D eigenvalue weighted by Crippen LogP contribution is 2.20. The molecule has 0 radical (unpaired) electrons. The van der Waals surface area contributed by atoms with Gasteiger partial charge in [0.1, 0.15) is 22.4 Å². The Bertz CT molecular complexity index is 768. The average Bonchev–Trinajstić information content (AvgIpc) is 2.55. The molecule has 2 aromatic rings. The lowest BCUT2D eigenvalue weighted by atomic mass is 10.2. The summed E-state index contributed by atoms with van der Waals surface area (Å²) in [6, 6.07) is 14.0. The molecular weight excluding hydrogens is 338 g/mol. The van der Waals surface area contributed by atoms with Gasteiger partial charge in [-0.25, -0.2) is 8.42 Å². The van der Waals surface area contributed by atoms with Gasteiger partial charge in [0.25, 0.3) is 0 Å². The monoisotopic (exact) mass is 365 g/mol. The molecule has 138 valence electrons. The molecule has 0 unspecified atom stereocenters. The zero-order valence-corrected chi connectivity index (χ0v) is 16.3. The first kappa shape index (κ1) is 21.2. The van der Waals surface area contributed by atoms with Crippen LogP contribution in [0.5, 0.6) is 5.75 Å². The standard InChI is InChI=1S/C12H20NO.C7H8O3S/c1-5-13(2,3)10-11-8-6-7-9-12(11)14-4;1-6-2-4-7(5-3-6)11(8,9)10/h6-9H,5,10H2,1-4H3;2-5H,1H3,(H,8,9,10)/q+1;/p-1. The maximum absolute atomic E-state index is 10.4. The average molecular weight is 365 g/mol. The number of benzene rings is 2. The Morgan fingerprint density at radius 2 is 1.60 bits per heavy atom. The third-order valence-corrected chi connectivity index (χ3v) is 4.81. The van der Waals surface area contributed by atoms with Gasteiger partial charge in [-0.3, -0.25) is 0 Å². The largest absolute Gasteiger partial charge is 0.744 e. The second-order valence-electron chi connectivity index (χ2n) is 6.49. The maximum Gasteiger partial charge on any atom is 0.127 e. The Kier molecular flexibility index (Phi) is 7.60. The molecule has 0 aliphatic carbocycles. The van der Waals surface area contributed by atoms with E-state index in [0.29, 0.717) is 0 Å². The lowest BCUT2D eigenvalue weighted by Crippen LogP contribution is -2.38. The van der Waals surface area contributed by atoms with E-state index in [4.69, 9.17) is 4.74 Å². The molecule has 6 heteroatoms. The van der Waals surface area contributed by atoms with Crippen molar-refractivity contribution in [3.05, 3.63) is 59.7 Å². The lowest BCUT2D eigenvalue weighted by molar-refractivity contribution is -0.901. The number of para-hydroxylation sites is 1. The minimum atomic E-state index is -4.27. The molecule has 0 aliphatic rings. The Labute approximate surface area is 151 Å². The summed E-state index contributed by atoms with van der Waals surface area (Å²) >= 11 is 0. The van der Waals surface area contributed by atoms with Crippen LogP contribution in [0.25, 0.3) is 0 Å². The van der Waals surface area contributed by atoms with Crippen molar-refractivity contribution in [3.63, 3.8) is 0 Å². The van der Waals surface area contributed by atoms with Crippen LogP contribution in [-0.4, -0.2) is 45.2 Å². The molecule has 0 heterocycles. The van der Waals surface area contributed by atoms with Crippen molar-refractivity contribution in [2.45, 2.75) is 25.3 Å². The van der Waals surface area contributed by atoms with Crippen LogP contribution in [0.15, 0.2) is 53.4 Å².